The third-order valence-electron chi connectivity index (χ3n) is 7.27. The average molecular weight is 518 g/mol. The third kappa shape index (κ3) is 5.20. The SMILES string of the molecule is COc1cccc2[nH]c(C(=O)N[C@@H](CC3CC3)C(=O)N[C@@H](CC3C(=O)Nc4cc(C)ccc43)C(N)=O)cc12. The molecule has 1 aliphatic carbocycles. The number of H-pyrrole nitrogens is 1. The molecule has 0 saturated heterocycles. The molecular formula is C28H31N5O5. The summed E-state index contributed by atoms with van der Waals surface area (Å²) in [6, 6.07) is 10.8. The number of benzene rings is 2. The van der Waals surface area contributed by atoms with Crippen molar-refractivity contribution >= 4 is 40.2 Å². The highest BCUT2D eigenvalue weighted by Gasteiger charge is 2.37. The number of carbonyl (C=O) groups excluding carboxylic acids is 4. The largest absolute Gasteiger partial charge is 0.496 e. The summed E-state index contributed by atoms with van der Waals surface area (Å²) in [5, 5.41) is 9.11. The Bertz CT molecular complexity index is 1430. The number of hydrogen-bond donors (Lipinski definition) is 5. The smallest absolute Gasteiger partial charge is 0.268 e. The van der Waals surface area contributed by atoms with Gasteiger partial charge in [-0.1, -0.05) is 31.0 Å². The molecule has 1 unspecified atom stereocenters. The molecule has 10 heteroatoms. The van der Waals surface area contributed by atoms with Crippen molar-refractivity contribution in [3.63, 3.8) is 0 Å². The third-order valence-corrected chi connectivity index (χ3v) is 7.27. The van der Waals surface area contributed by atoms with Crippen molar-refractivity contribution in [2.45, 2.75) is 50.6 Å². The molecule has 0 spiro atoms. The van der Waals surface area contributed by atoms with Crippen LogP contribution in [0, 0.1) is 12.8 Å². The van der Waals surface area contributed by atoms with Gasteiger partial charge in [0.1, 0.15) is 23.5 Å². The van der Waals surface area contributed by atoms with Crippen molar-refractivity contribution in [3.05, 3.63) is 59.3 Å². The molecule has 5 rings (SSSR count). The fraction of sp³-hybridized carbons (Fsp3) is 0.357. The Hall–Kier alpha value is -4.34. The molecule has 2 aliphatic rings. The summed E-state index contributed by atoms with van der Waals surface area (Å²) < 4.78 is 5.37. The Labute approximate surface area is 219 Å². The number of aryl methyl sites for hydroxylation is 1. The number of amides is 4. The lowest BCUT2D eigenvalue weighted by Crippen LogP contribution is -2.53. The zero-order chi connectivity index (χ0) is 27.0. The summed E-state index contributed by atoms with van der Waals surface area (Å²) in [7, 11) is 1.56. The Morgan fingerprint density at radius 3 is 2.58 bits per heavy atom. The van der Waals surface area contributed by atoms with E-state index in [4.69, 9.17) is 10.5 Å². The summed E-state index contributed by atoms with van der Waals surface area (Å²) >= 11 is 0. The number of anilines is 1. The quantitative estimate of drug-likeness (QED) is 0.279. The van der Waals surface area contributed by atoms with E-state index in [2.05, 4.69) is 20.9 Å². The van der Waals surface area contributed by atoms with Crippen molar-refractivity contribution in [1.29, 1.82) is 0 Å². The molecule has 0 radical (unpaired) electrons. The van der Waals surface area contributed by atoms with Crippen molar-refractivity contribution < 1.29 is 23.9 Å². The van der Waals surface area contributed by atoms with Crippen molar-refractivity contribution in [2.75, 3.05) is 12.4 Å². The average Bonchev–Trinajstić information content (AvgIpc) is 3.50. The van der Waals surface area contributed by atoms with Crippen LogP contribution in [0.3, 0.4) is 0 Å². The maximum absolute atomic E-state index is 13.3. The lowest BCUT2D eigenvalue weighted by atomic mass is 9.92. The highest BCUT2D eigenvalue weighted by atomic mass is 16.5. The molecule has 0 bridgehead atoms. The molecule has 1 aliphatic heterocycles. The van der Waals surface area contributed by atoms with Crippen LogP contribution in [0.5, 0.6) is 5.75 Å². The number of methoxy groups -OCH3 is 1. The van der Waals surface area contributed by atoms with E-state index in [0.29, 0.717) is 29.5 Å². The van der Waals surface area contributed by atoms with Crippen LogP contribution in [0.1, 0.15) is 53.2 Å². The molecule has 3 aromatic rings. The van der Waals surface area contributed by atoms with Crippen LogP contribution in [-0.2, 0) is 14.4 Å². The highest BCUT2D eigenvalue weighted by molar-refractivity contribution is 6.04. The number of nitrogens with one attached hydrogen (secondary N) is 4. The van der Waals surface area contributed by atoms with E-state index < -0.39 is 35.7 Å². The molecule has 3 atom stereocenters. The van der Waals surface area contributed by atoms with Gasteiger partial charge in [0.2, 0.25) is 17.7 Å². The van der Waals surface area contributed by atoms with Gasteiger partial charge in [-0.2, -0.15) is 0 Å². The molecule has 38 heavy (non-hydrogen) atoms. The summed E-state index contributed by atoms with van der Waals surface area (Å²) in [4.78, 5) is 54.5. The molecule has 1 saturated carbocycles. The van der Waals surface area contributed by atoms with E-state index in [9.17, 15) is 19.2 Å². The molecule has 6 N–H and O–H groups in total. The number of ether oxygens (including phenoxy) is 1. The molecular weight excluding hydrogens is 486 g/mol. The molecule has 1 aromatic heterocycles. The number of carbonyl (C=O) groups is 4. The van der Waals surface area contributed by atoms with Gasteiger partial charge < -0.3 is 31.4 Å². The number of primary amides is 1. The Balaban J connectivity index is 1.31. The van der Waals surface area contributed by atoms with Crippen LogP contribution < -0.4 is 26.4 Å². The van der Waals surface area contributed by atoms with Crippen molar-refractivity contribution in [3.8, 4) is 5.75 Å². The summed E-state index contributed by atoms with van der Waals surface area (Å²) in [5.41, 5.74) is 9.12. The van der Waals surface area contributed by atoms with E-state index in [1.807, 2.05) is 37.3 Å². The van der Waals surface area contributed by atoms with Crippen molar-refractivity contribution in [2.24, 2.45) is 11.7 Å². The highest BCUT2D eigenvalue weighted by Crippen LogP contribution is 2.36. The van der Waals surface area contributed by atoms with E-state index in [1.165, 1.54) is 0 Å². The fourth-order valence-corrected chi connectivity index (χ4v) is 5.01. The number of hydrogen-bond acceptors (Lipinski definition) is 5. The van der Waals surface area contributed by atoms with E-state index >= 15 is 0 Å². The molecule has 10 nitrogen and oxygen atoms in total. The normalized spacial score (nSPS) is 17.8. The summed E-state index contributed by atoms with van der Waals surface area (Å²) in [6.45, 7) is 1.92. The van der Waals surface area contributed by atoms with Crippen LogP contribution in [0.4, 0.5) is 5.69 Å². The van der Waals surface area contributed by atoms with E-state index in [0.717, 1.165) is 34.9 Å². The van der Waals surface area contributed by atoms with Gasteiger partial charge in [-0.3, -0.25) is 19.2 Å². The van der Waals surface area contributed by atoms with Gasteiger partial charge in [0.15, 0.2) is 0 Å². The maximum Gasteiger partial charge on any atom is 0.268 e. The van der Waals surface area contributed by atoms with Gasteiger partial charge in [0, 0.05) is 16.6 Å². The lowest BCUT2D eigenvalue weighted by molar-refractivity contribution is -0.129. The van der Waals surface area contributed by atoms with Gasteiger partial charge in [-0.25, -0.2) is 0 Å². The first-order chi connectivity index (χ1) is 18.2. The van der Waals surface area contributed by atoms with E-state index in [1.54, 1.807) is 19.2 Å². The van der Waals surface area contributed by atoms with Crippen LogP contribution in [0.15, 0.2) is 42.5 Å². The number of fused-ring (bicyclic) bond motifs is 2. The topological polar surface area (TPSA) is 155 Å². The second kappa shape index (κ2) is 10.2. The van der Waals surface area contributed by atoms with Gasteiger partial charge in [-0.05, 0) is 61.1 Å². The van der Waals surface area contributed by atoms with Crippen LogP contribution >= 0.6 is 0 Å². The van der Waals surface area contributed by atoms with Gasteiger partial charge in [0.05, 0.1) is 13.0 Å². The van der Waals surface area contributed by atoms with Gasteiger partial charge >= 0.3 is 0 Å². The summed E-state index contributed by atoms with van der Waals surface area (Å²) in [5.74, 6) is -1.63. The first-order valence-corrected chi connectivity index (χ1v) is 12.7. The maximum atomic E-state index is 13.3. The van der Waals surface area contributed by atoms with Gasteiger partial charge in [-0.15, -0.1) is 0 Å². The molecule has 1 fully saturated rings. The Morgan fingerprint density at radius 1 is 1.08 bits per heavy atom. The first-order valence-electron chi connectivity index (χ1n) is 12.7. The Morgan fingerprint density at radius 2 is 1.87 bits per heavy atom. The van der Waals surface area contributed by atoms with E-state index in [-0.39, 0.29) is 12.3 Å². The minimum Gasteiger partial charge on any atom is -0.496 e. The lowest BCUT2D eigenvalue weighted by Gasteiger charge is -2.23. The molecule has 198 valence electrons. The molecule has 4 amide bonds. The number of rotatable bonds is 10. The summed E-state index contributed by atoms with van der Waals surface area (Å²) in [6.07, 6.45) is 2.41. The zero-order valence-corrected chi connectivity index (χ0v) is 21.3. The predicted molar refractivity (Wildman–Crippen MR) is 142 cm³/mol. The van der Waals surface area contributed by atoms with Crippen LogP contribution in [-0.4, -0.2) is 47.8 Å². The molecule has 2 aromatic carbocycles. The standard InChI is InChI=1S/C28H31N5O5/c1-14-6-9-16-17(26(35)31-20(16)10-14)12-21(25(29)34)32-27(36)22(11-15-7-8-15)33-28(37)23-13-18-19(30-23)4-3-5-24(18)38-2/h3-6,9-10,13,15,17,21-22,30H,7-8,11-12H2,1-2H3,(H2,29,34)(H,31,35)(H,32,36)(H,33,37)/t17?,21-,22-/m0/s1. The predicted octanol–water partition coefficient (Wildman–Crippen LogP) is 2.48. The van der Waals surface area contributed by atoms with Gasteiger partial charge in [0.25, 0.3) is 5.91 Å². The monoisotopic (exact) mass is 517 g/mol. The molecule has 2 heterocycles. The van der Waals surface area contributed by atoms with Crippen LogP contribution in [0.2, 0.25) is 0 Å². The number of aromatic nitrogens is 1. The zero-order valence-electron chi connectivity index (χ0n) is 21.3. The number of nitrogens with two attached hydrogens (primary N) is 1. The van der Waals surface area contributed by atoms with Crippen molar-refractivity contribution in [1.82, 2.24) is 15.6 Å². The fourth-order valence-electron chi connectivity index (χ4n) is 5.01. The van der Waals surface area contributed by atoms with Crippen LogP contribution in [0.25, 0.3) is 10.9 Å². The minimum absolute atomic E-state index is 0.0227. The second-order valence-electron chi connectivity index (χ2n) is 10.1. The Kier molecular flexibility index (Phi) is 6.79. The number of aromatic amines is 1. The first kappa shape index (κ1) is 25.3. The second-order valence-corrected chi connectivity index (χ2v) is 10.1. The minimum atomic E-state index is -1.08.